The van der Waals surface area contributed by atoms with E-state index in [1.165, 1.54) is 32.4 Å². The van der Waals surface area contributed by atoms with Gasteiger partial charge in [-0.05, 0) is 30.2 Å². The minimum Gasteiger partial charge on any atom is -0.493 e. The van der Waals surface area contributed by atoms with Crippen molar-refractivity contribution in [1.82, 2.24) is 0 Å². The van der Waals surface area contributed by atoms with E-state index in [1.807, 2.05) is 0 Å². The molecule has 0 bridgehead atoms. The lowest BCUT2D eigenvalue weighted by atomic mass is 9.99. The number of carbonyl (C=O) groups excluding carboxylic acids is 1. The third-order valence-electron chi connectivity index (χ3n) is 3.92. The van der Waals surface area contributed by atoms with E-state index in [0.29, 0.717) is 5.56 Å². The third-order valence-corrected chi connectivity index (χ3v) is 3.92. The van der Waals surface area contributed by atoms with Gasteiger partial charge >= 0.3 is 5.97 Å². The Balaban J connectivity index is 2.25. The van der Waals surface area contributed by atoms with Crippen LogP contribution in [-0.4, -0.2) is 31.2 Å². The Bertz CT molecular complexity index is 822. The van der Waals surface area contributed by atoms with Gasteiger partial charge in [-0.1, -0.05) is 25.1 Å². The predicted octanol–water partition coefficient (Wildman–Crippen LogP) is 3.36. The lowest BCUT2D eigenvalue weighted by Crippen LogP contribution is -2.23. The summed E-state index contributed by atoms with van der Waals surface area (Å²) >= 11 is 0. The fraction of sp³-hybridized carbons (Fsp3) is 0.263. The molecule has 0 radical (unpaired) electrons. The number of carbonyl (C=O) groups is 2. The molecule has 2 aromatic rings. The van der Waals surface area contributed by atoms with Crippen molar-refractivity contribution in [3.63, 3.8) is 0 Å². The number of rotatable bonds is 7. The van der Waals surface area contributed by atoms with Crippen LogP contribution in [0, 0.1) is 11.7 Å². The molecule has 2 N–H and O–H groups in total. The Hall–Kier alpha value is -3.09. The molecule has 1 amide bonds. The molecule has 1 unspecified atom stereocenters. The first-order valence-corrected chi connectivity index (χ1v) is 7.91. The van der Waals surface area contributed by atoms with Crippen LogP contribution in [0.1, 0.15) is 22.8 Å². The van der Waals surface area contributed by atoms with Crippen molar-refractivity contribution in [1.29, 1.82) is 0 Å². The summed E-state index contributed by atoms with van der Waals surface area (Å²) in [6.07, 6.45) is 0.205. The van der Waals surface area contributed by atoms with Gasteiger partial charge in [0.25, 0.3) is 0 Å². The van der Waals surface area contributed by atoms with Gasteiger partial charge < -0.3 is 19.9 Å². The first kappa shape index (κ1) is 19.2. The molecule has 26 heavy (non-hydrogen) atoms. The molecule has 2 aromatic carbocycles. The maximum absolute atomic E-state index is 13.8. The number of hydrogen-bond donors (Lipinski definition) is 2. The molecule has 7 heteroatoms. The molecule has 1 atom stereocenters. The zero-order valence-corrected chi connectivity index (χ0v) is 14.7. The van der Waals surface area contributed by atoms with Crippen LogP contribution in [-0.2, 0) is 11.2 Å². The van der Waals surface area contributed by atoms with Crippen LogP contribution in [0.5, 0.6) is 11.5 Å². The van der Waals surface area contributed by atoms with E-state index in [-0.39, 0.29) is 35.0 Å². The molecule has 6 nitrogen and oxygen atoms in total. The number of methoxy groups -OCH3 is 2. The number of amides is 1. The Labute approximate surface area is 150 Å². The van der Waals surface area contributed by atoms with E-state index in [2.05, 4.69) is 5.32 Å². The van der Waals surface area contributed by atoms with Gasteiger partial charge in [-0.25, -0.2) is 9.18 Å². The molecule has 0 aliphatic carbocycles. The highest BCUT2D eigenvalue weighted by molar-refractivity contribution is 5.97. The lowest BCUT2D eigenvalue weighted by Gasteiger charge is -2.17. The average molecular weight is 361 g/mol. The normalized spacial score (nSPS) is 11.5. The van der Waals surface area contributed by atoms with E-state index in [0.717, 1.165) is 0 Å². The van der Waals surface area contributed by atoms with Crippen LogP contribution < -0.4 is 14.8 Å². The molecule has 0 spiro atoms. The Morgan fingerprint density at radius 3 is 2.46 bits per heavy atom. The molecule has 0 fully saturated rings. The first-order valence-electron chi connectivity index (χ1n) is 7.91. The molecule has 0 aromatic heterocycles. The molecule has 2 rings (SSSR count). The highest BCUT2D eigenvalue weighted by atomic mass is 19.1. The summed E-state index contributed by atoms with van der Waals surface area (Å²) in [6, 6.07) is 8.83. The number of halogens is 1. The van der Waals surface area contributed by atoms with Crippen molar-refractivity contribution in [3.8, 4) is 11.5 Å². The van der Waals surface area contributed by atoms with Crippen LogP contribution in [0.4, 0.5) is 10.1 Å². The van der Waals surface area contributed by atoms with Crippen LogP contribution in [0.2, 0.25) is 0 Å². The second kappa shape index (κ2) is 8.33. The highest BCUT2D eigenvalue weighted by Gasteiger charge is 2.21. The minimum atomic E-state index is -1.17. The molecule has 0 aliphatic heterocycles. The molecule has 0 heterocycles. The summed E-state index contributed by atoms with van der Waals surface area (Å²) in [5, 5.41) is 11.9. The lowest BCUT2D eigenvalue weighted by molar-refractivity contribution is -0.119. The smallest absolute Gasteiger partial charge is 0.335 e. The van der Waals surface area contributed by atoms with Crippen molar-refractivity contribution in [2.24, 2.45) is 5.92 Å². The number of aromatic carboxylic acids is 1. The molecule has 0 saturated carbocycles. The van der Waals surface area contributed by atoms with E-state index < -0.39 is 17.8 Å². The van der Waals surface area contributed by atoms with Gasteiger partial charge in [-0.3, -0.25) is 4.79 Å². The standard InChI is InChI=1S/C19H20FNO5/c1-11(8-12-6-4-5-7-14(12)20)18(22)21-15-9-13(19(23)24)10-16(25-2)17(15)26-3/h4-7,9-11H,8H2,1-3H3,(H,21,22)(H,23,24). The van der Waals surface area contributed by atoms with E-state index in [9.17, 15) is 19.1 Å². The topological polar surface area (TPSA) is 84.9 Å². The van der Waals surface area contributed by atoms with Crippen LogP contribution in [0.25, 0.3) is 0 Å². The summed E-state index contributed by atoms with van der Waals surface area (Å²) < 4.78 is 24.1. The van der Waals surface area contributed by atoms with Gasteiger partial charge in [0, 0.05) is 5.92 Å². The summed E-state index contributed by atoms with van der Waals surface area (Å²) in [7, 11) is 2.76. The number of nitrogens with one attached hydrogen (secondary N) is 1. The third kappa shape index (κ3) is 4.30. The van der Waals surface area contributed by atoms with Gasteiger partial charge in [0.15, 0.2) is 11.5 Å². The maximum atomic E-state index is 13.8. The van der Waals surface area contributed by atoms with Gasteiger partial charge in [0.1, 0.15) is 5.82 Å². The van der Waals surface area contributed by atoms with Crippen LogP contribution >= 0.6 is 0 Å². The largest absolute Gasteiger partial charge is 0.493 e. The SMILES string of the molecule is COc1cc(C(=O)O)cc(NC(=O)C(C)Cc2ccccc2F)c1OC. The monoisotopic (exact) mass is 361 g/mol. The summed E-state index contributed by atoms with van der Waals surface area (Å²) in [6.45, 7) is 1.66. The van der Waals surface area contributed by atoms with Gasteiger partial charge in [-0.2, -0.15) is 0 Å². The number of anilines is 1. The first-order chi connectivity index (χ1) is 12.4. The van der Waals surface area contributed by atoms with Gasteiger partial charge in [-0.15, -0.1) is 0 Å². The summed E-state index contributed by atoms with van der Waals surface area (Å²) in [5.74, 6) is -2.08. The second-order valence-corrected chi connectivity index (χ2v) is 5.75. The molecule has 0 saturated heterocycles. The summed E-state index contributed by atoms with van der Waals surface area (Å²) in [4.78, 5) is 23.8. The number of carboxylic acid groups (broad SMARTS) is 1. The zero-order valence-electron chi connectivity index (χ0n) is 14.7. The van der Waals surface area contributed by atoms with Crippen molar-refractivity contribution in [2.75, 3.05) is 19.5 Å². The van der Waals surface area contributed by atoms with Crippen molar-refractivity contribution in [2.45, 2.75) is 13.3 Å². The summed E-state index contributed by atoms with van der Waals surface area (Å²) in [5.41, 5.74) is 0.549. The predicted molar refractivity (Wildman–Crippen MR) is 94.4 cm³/mol. The molecular formula is C19H20FNO5. The van der Waals surface area contributed by atoms with E-state index in [4.69, 9.17) is 9.47 Å². The van der Waals surface area contributed by atoms with E-state index >= 15 is 0 Å². The minimum absolute atomic E-state index is 0.0558. The molecule has 138 valence electrons. The fourth-order valence-corrected chi connectivity index (χ4v) is 2.52. The maximum Gasteiger partial charge on any atom is 0.335 e. The molecular weight excluding hydrogens is 341 g/mol. The Morgan fingerprint density at radius 2 is 1.88 bits per heavy atom. The van der Waals surface area contributed by atoms with Crippen molar-refractivity contribution >= 4 is 17.6 Å². The molecule has 0 aliphatic rings. The zero-order chi connectivity index (χ0) is 19.3. The average Bonchev–Trinajstić information content (AvgIpc) is 2.62. The Morgan fingerprint density at radius 1 is 1.19 bits per heavy atom. The van der Waals surface area contributed by atoms with E-state index in [1.54, 1.807) is 25.1 Å². The number of benzene rings is 2. The van der Waals surface area contributed by atoms with Gasteiger partial charge in [0.05, 0.1) is 25.5 Å². The number of carboxylic acids is 1. The van der Waals surface area contributed by atoms with Crippen LogP contribution in [0.3, 0.4) is 0 Å². The van der Waals surface area contributed by atoms with Crippen molar-refractivity contribution in [3.05, 3.63) is 53.3 Å². The number of ether oxygens (including phenoxy) is 2. The van der Waals surface area contributed by atoms with Crippen LogP contribution in [0.15, 0.2) is 36.4 Å². The Kier molecular flexibility index (Phi) is 6.16. The van der Waals surface area contributed by atoms with Gasteiger partial charge in [0.2, 0.25) is 5.91 Å². The second-order valence-electron chi connectivity index (χ2n) is 5.75. The fourth-order valence-electron chi connectivity index (χ4n) is 2.52. The number of hydrogen-bond acceptors (Lipinski definition) is 4. The van der Waals surface area contributed by atoms with Crippen molar-refractivity contribution < 1.29 is 28.6 Å². The highest BCUT2D eigenvalue weighted by Crippen LogP contribution is 2.37. The quantitative estimate of drug-likeness (QED) is 0.790.